The number of ether oxygens (including phenoxy) is 2. The Bertz CT molecular complexity index is 623. The Kier molecular flexibility index (Phi) is 5.21. The molecule has 0 aliphatic heterocycles. The van der Waals surface area contributed by atoms with Gasteiger partial charge in [0.15, 0.2) is 11.5 Å². The van der Waals surface area contributed by atoms with E-state index < -0.39 is 0 Å². The summed E-state index contributed by atoms with van der Waals surface area (Å²) in [5, 5.41) is 9.37. The van der Waals surface area contributed by atoms with Crippen molar-refractivity contribution < 1.29 is 14.6 Å². The Morgan fingerprint density at radius 2 is 1.86 bits per heavy atom. The third-order valence-electron chi connectivity index (χ3n) is 3.09. The van der Waals surface area contributed by atoms with Crippen LogP contribution in [0, 0.1) is 0 Å². The van der Waals surface area contributed by atoms with Crippen LogP contribution < -0.4 is 9.47 Å². The summed E-state index contributed by atoms with van der Waals surface area (Å²) in [6.45, 7) is 0.672. The normalized spacial score (nSPS) is 10.8. The van der Waals surface area contributed by atoms with E-state index in [1.807, 2.05) is 24.3 Å². The largest absolute Gasteiger partial charge is 0.508 e. The molecule has 0 heterocycles. The SMILES string of the molecule is COc1ccc(CCN=Cc2cccc(O)c2)cc1OC. The molecule has 0 saturated carbocycles. The fraction of sp³-hybridized carbons (Fsp3) is 0.235. The minimum atomic E-state index is 0.249. The summed E-state index contributed by atoms with van der Waals surface area (Å²) < 4.78 is 10.5. The first-order valence-electron chi connectivity index (χ1n) is 6.72. The lowest BCUT2D eigenvalue weighted by atomic mass is 10.1. The average Bonchev–Trinajstić information content (AvgIpc) is 2.51. The predicted molar refractivity (Wildman–Crippen MR) is 83.8 cm³/mol. The van der Waals surface area contributed by atoms with E-state index in [9.17, 15) is 5.11 Å². The Hall–Kier alpha value is -2.49. The highest BCUT2D eigenvalue weighted by molar-refractivity contribution is 5.80. The van der Waals surface area contributed by atoms with Crippen LogP contribution in [0.2, 0.25) is 0 Å². The maximum absolute atomic E-state index is 9.37. The Balaban J connectivity index is 1.94. The number of nitrogens with zero attached hydrogens (tertiary/aromatic N) is 1. The molecule has 2 rings (SSSR count). The van der Waals surface area contributed by atoms with Crippen LogP contribution in [0.15, 0.2) is 47.5 Å². The number of hydrogen-bond acceptors (Lipinski definition) is 4. The maximum atomic E-state index is 9.37. The summed E-state index contributed by atoms with van der Waals surface area (Å²) in [6, 6.07) is 12.9. The van der Waals surface area contributed by atoms with Crippen molar-refractivity contribution in [3.8, 4) is 17.2 Å². The second-order valence-electron chi connectivity index (χ2n) is 4.57. The molecule has 0 radical (unpaired) electrons. The highest BCUT2D eigenvalue weighted by Crippen LogP contribution is 2.27. The predicted octanol–water partition coefficient (Wildman–Crippen LogP) is 3.07. The van der Waals surface area contributed by atoms with E-state index in [0.717, 1.165) is 29.0 Å². The van der Waals surface area contributed by atoms with Gasteiger partial charge in [0, 0.05) is 12.8 Å². The summed E-state index contributed by atoms with van der Waals surface area (Å²) in [5.74, 6) is 1.70. The molecular formula is C17H19NO3. The zero-order valence-corrected chi connectivity index (χ0v) is 12.2. The average molecular weight is 285 g/mol. The first-order valence-corrected chi connectivity index (χ1v) is 6.72. The topological polar surface area (TPSA) is 51.0 Å². The van der Waals surface area contributed by atoms with E-state index in [1.54, 1.807) is 38.6 Å². The molecule has 0 aromatic heterocycles. The molecule has 1 N–H and O–H groups in total. The van der Waals surface area contributed by atoms with Crippen LogP contribution in [0.4, 0.5) is 0 Å². The van der Waals surface area contributed by atoms with Crippen LogP contribution in [0.25, 0.3) is 0 Å². The van der Waals surface area contributed by atoms with Gasteiger partial charge in [0.1, 0.15) is 5.75 Å². The van der Waals surface area contributed by atoms with Crippen LogP contribution >= 0.6 is 0 Å². The van der Waals surface area contributed by atoms with Crippen molar-refractivity contribution in [2.75, 3.05) is 20.8 Å². The van der Waals surface area contributed by atoms with Crippen molar-refractivity contribution in [2.45, 2.75) is 6.42 Å². The fourth-order valence-electron chi connectivity index (χ4n) is 2.00. The van der Waals surface area contributed by atoms with Gasteiger partial charge >= 0.3 is 0 Å². The summed E-state index contributed by atoms with van der Waals surface area (Å²) >= 11 is 0. The van der Waals surface area contributed by atoms with E-state index in [4.69, 9.17) is 9.47 Å². The van der Waals surface area contributed by atoms with Gasteiger partial charge in [-0.05, 0) is 41.8 Å². The molecule has 0 fully saturated rings. The molecule has 0 bridgehead atoms. The smallest absolute Gasteiger partial charge is 0.160 e. The quantitative estimate of drug-likeness (QED) is 0.830. The zero-order valence-electron chi connectivity index (χ0n) is 12.2. The maximum Gasteiger partial charge on any atom is 0.160 e. The third-order valence-corrected chi connectivity index (χ3v) is 3.09. The zero-order chi connectivity index (χ0) is 15.1. The molecule has 4 nitrogen and oxygen atoms in total. The van der Waals surface area contributed by atoms with Crippen molar-refractivity contribution >= 4 is 6.21 Å². The minimum absolute atomic E-state index is 0.249. The molecule has 0 aliphatic rings. The van der Waals surface area contributed by atoms with Crippen LogP contribution in [0.5, 0.6) is 17.2 Å². The van der Waals surface area contributed by atoms with Crippen molar-refractivity contribution in [3.63, 3.8) is 0 Å². The third kappa shape index (κ3) is 4.24. The van der Waals surface area contributed by atoms with Crippen LogP contribution in [0.3, 0.4) is 0 Å². The molecule has 0 spiro atoms. The number of benzene rings is 2. The molecule has 2 aromatic carbocycles. The molecule has 0 unspecified atom stereocenters. The molecular weight excluding hydrogens is 266 g/mol. The molecule has 0 amide bonds. The number of rotatable bonds is 6. The summed E-state index contributed by atoms with van der Waals surface area (Å²) in [6.07, 6.45) is 2.58. The molecule has 4 heteroatoms. The number of phenols is 1. The Labute approximate surface area is 124 Å². The lowest BCUT2D eigenvalue weighted by molar-refractivity contribution is 0.354. The molecule has 0 aliphatic carbocycles. The van der Waals surface area contributed by atoms with Gasteiger partial charge < -0.3 is 14.6 Å². The second-order valence-corrected chi connectivity index (χ2v) is 4.57. The first kappa shape index (κ1) is 14.9. The van der Waals surface area contributed by atoms with E-state index >= 15 is 0 Å². The van der Waals surface area contributed by atoms with Crippen LogP contribution in [-0.2, 0) is 6.42 Å². The standard InChI is InChI=1S/C17H19NO3/c1-20-16-7-6-13(11-17(16)21-2)8-9-18-12-14-4-3-5-15(19)10-14/h3-7,10-12,19H,8-9H2,1-2H3. The van der Waals surface area contributed by atoms with Gasteiger partial charge in [-0.3, -0.25) is 4.99 Å². The van der Waals surface area contributed by atoms with Crippen molar-refractivity contribution in [1.82, 2.24) is 0 Å². The lowest BCUT2D eigenvalue weighted by Crippen LogP contribution is -1.95. The minimum Gasteiger partial charge on any atom is -0.508 e. The summed E-state index contributed by atoms with van der Waals surface area (Å²) in [4.78, 5) is 4.37. The molecule has 0 saturated heterocycles. The van der Waals surface area contributed by atoms with E-state index in [0.29, 0.717) is 6.54 Å². The summed E-state index contributed by atoms with van der Waals surface area (Å²) in [7, 11) is 3.25. The molecule has 110 valence electrons. The summed E-state index contributed by atoms with van der Waals surface area (Å²) in [5.41, 5.74) is 2.03. The van der Waals surface area contributed by atoms with Gasteiger partial charge in [-0.1, -0.05) is 18.2 Å². The highest BCUT2D eigenvalue weighted by atomic mass is 16.5. The molecule has 21 heavy (non-hydrogen) atoms. The van der Waals surface area contributed by atoms with Crippen molar-refractivity contribution in [1.29, 1.82) is 0 Å². The van der Waals surface area contributed by atoms with E-state index in [-0.39, 0.29) is 5.75 Å². The fourth-order valence-corrected chi connectivity index (χ4v) is 2.00. The van der Waals surface area contributed by atoms with Gasteiger partial charge in [-0.2, -0.15) is 0 Å². The van der Waals surface area contributed by atoms with Gasteiger partial charge in [-0.15, -0.1) is 0 Å². The Morgan fingerprint density at radius 3 is 2.57 bits per heavy atom. The number of phenolic OH excluding ortho intramolecular Hbond substituents is 1. The number of hydrogen-bond donors (Lipinski definition) is 1. The van der Waals surface area contributed by atoms with Gasteiger partial charge in [0.2, 0.25) is 0 Å². The Morgan fingerprint density at radius 1 is 1.05 bits per heavy atom. The van der Waals surface area contributed by atoms with Crippen molar-refractivity contribution in [3.05, 3.63) is 53.6 Å². The van der Waals surface area contributed by atoms with E-state index in [1.165, 1.54) is 0 Å². The molecule has 0 atom stereocenters. The first-order chi connectivity index (χ1) is 10.2. The molecule has 2 aromatic rings. The van der Waals surface area contributed by atoms with Crippen LogP contribution in [0.1, 0.15) is 11.1 Å². The second kappa shape index (κ2) is 7.33. The van der Waals surface area contributed by atoms with Crippen molar-refractivity contribution in [2.24, 2.45) is 4.99 Å². The van der Waals surface area contributed by atoms with E-state index in [2.05, 4.69) is 4.99 Å². The lowest BCUT2D eigenvalue weighted by Gasteiger charge is -2.08. The van der Waals surface area contributed by atoms with Gasteiger partial charge in [0.25, 0.3) is 0 Å². The number of methoxy groups -OCH3 is 2. The highest BCUT2D eigenvalue weighted by Gasteiger charge is 2.03. The van der Waals surface area contributed by atoms with Gasteiger partial charge in [0.05, 0.1) is 14.2 Å². The van der Waals surface area contributed by atoms with Crippen LogP contribution in [-0.4, -0.2) is 32.1 Å². The number of aromatic hydroxyl groups is 1. The van der Waals surface area contributed by atoms with Gasteiger partial charge in [-0.25, -0.2) is 0 Å². The number of aliphatic imine (C=N–C) groups is 1. The monoisotopic (exact) mass is 285 g/mol.